The van der Waals surface area contributed by atoms with E-state index in [9.17, 15) is 17.6 Å². The summed E-state index contributed by atoms with van der Waals surface area (Å²) in [4.78, 5) is 0. The molecule has 0 aromatic heterocycles. The van der Waals surface area contributed by atoms with E-state index in [1.807, 2.05) is 0 Å². The minimum Gasteiger partial charge on any atom is -0.251 e. The van der Waals surface area contributed by atoms with Crippen molar-refractivity contribution >= 4 is 0 Å². The van der Waals surface area contributed by atoms with Gasteiger partial charge in [-0.3, -0.25) is 4.39 Å². The molecule has 0 aromatic carbocycles. The fourth-order valence-corrected chi connectivity index (χ4v) is 8.06. The molecule has 0 N–H and O–H groups in total. The summed E-state index contributed by atoms with van der Waals surface area (Å²) in [5.74, 6) is 2.61. The summed E-state index contributed by atoms with van der Waals surface area (Å²) in [5.41, 5.74) is 0.367. The first-order valence-corrected chi connectivity index (χ1v) is 11.0. The van der Waals surface area contributed by atoms with E-state index >= 15 is 0 Å². The van der Waals surface area contributed by atoms with Crippen molar-refractivity contribution < 1.29 is 17.6 Å². The molecule has 150 valence electrons. The molecule has 0 aliphatic heterocycles. The first-order chi connectivity index (χ1) is 12.3. The lowest BCUT2D eigenvalue weighted by Crippen LogP contribution is -2.49. The van der Waals surface area contributed by atoms with Crippen LogP contribution in [0.1, 0.15) is 77.6 Å². The van der Waals surface area contributed by atoms with Crippen LogP contribution in [0.25, 0.3) is 0 Å². The fourth-order valence-electron chi connectivity index (χ4n) is 8.06. The molecule has 8 atom stereocenters. The van der Waals surface area contributed by atoms with E-state index in [2.05, 4.69) is 6.92 Å². The molecule has 4 aliphatic carbocycles. The standard InChI is InChI=1S/C22H34F4/c1-21-11-10-18-17-8-5-16(22(24,25)26)13-14(17)4-7-19(18)20(21)9-6-15(21)3-2-12-23/h14-20H,2-13H2,1H3/t14?,15?,16?,17?,18?,19?,20?,21-/m1/s1. The van der Waals surface area contributed by atoms with Crippen LogP contribution in [0, 0.1) is 46.8 Å². The Balaban J connectivity index is 1.46. The zero-order chi connectivity index (χ0) is 18.5. The Bertz CT molecular complexity index is 501. The Labute approximate surface area is 155 Å². The number of halogens is 4. The van der Waals surface area contributed by atoms with Gasteiger partial charge in [-0.05, 0) is 112 Å². The summed E-state index contributed by atoms with van der Waals surface area (Å²) in [5, 5.41) is 0. The number of rotatable bonds is 3. The molecule has 4 rings (SSSR count). The average molecular weight is 375 g/mol. The summed E-state index contributed by atoms with van der Waals surface area (Å²) in [6.45, 7) is 2.25. The predicted molar refractivity (Wildman–Crippen MR) is 95.4 cm³/mol. The number of alkyl halides is 4. The van der Waals surface area contributed by atoms with Gasteiger partial charge in [0.2, 0.25) is 0 Å². The van der Waals surface area contributed by atoms with Crippen molar-refractivity contribution in [2.24, 2.45) is 46.8 Å². The highest BCUT2D eigenvalue weighted by atomic mass is 19.4. The fraction of sp³-hybridized carbons (Fsp3) is 1.00. The van der Waals surface area contributed by atoms with Gasteiger partial charge in [0, 0.05) is 0 Å². The molecule has 0 nitrogen and oxygen atoms in total. The predicted octanol–water partition coefficient (Wildman–Crippen LogP) is 7.18. The first kappa shape index (κ1) is 19.1. The zero-order valence-corrected chi connectivity index (χ0v) is 16.0. The van der Waals surface area contributed by atoms with Gasteiger partial charge in [0.05, 0.1) is 12.6 Å². The van der Waals surface area contributed by atoms with E-state index in [1.54, 1.807) is 0 Å². The van der Waals surface area contributed by atoms with Crippen molar-refractivity contribution in [1.82, 2.24) is 0 Å². The number of fused-ring (bicyclic) bond motifs is 5. The highest BCUT2D eigenvalue weighted by Gasteiger charge is 2.57. The van der Waals surface area contributed by atoms with Crippen LogP contribution >= 0.6 is 0 Å². The maximum Gasteiger partial charge on any atom is 0.391 e. The highest BCUT2D eigenvalue weighted by molar-refractivity contribution is 5.06. The lowest BCUT2D eigenvalue weighted by molar-refractivity contribution is -0.196. The van der Waals surface area contributed by atoms with Crippen LogP contribution < -0.4 is 0 Å². The third kappa shape index (κ3) is 3.11. The molecule has 7 unspecified atom stereocenters. The second-order valence-corrected chi connectivity index (χ2v) is 10.1. The maximum atomic E-state index is 13.2. The molecule has 4 heteroatoms. The van der Waals surface area contributed by atoms with Crippen LogP contribution in [-0.4, -0.2) is 12.9 Å². The van der Waals surface area contributed by atoms with Gasteiger partial charge < -0.3 is 0 Å². The Morgan fingerprint density at radius 1 is 0.885 bits per heavy atom. The summed E-state index contributed by atoms with van der Waals surface area (Å²) in [7, 11) is 0. The van der Waals surface area contributed by atoms with Crippen LogP contribution in [0.4, 0.5) is 17.6 Å². The van der Waals surface area contributed by atoms with E-state index in [1.165, 1.54) is 25.7 Å². The van der Waals surface area contributed by atoms with Gasteiger partial charge in [-0.1, -0.05) is 6.92 Å². The Morgan fingerprint density at radius 3 is 2.38 bits per heavy atom. The quantitative estimate of drug-likeness (QED) is 0.459. The van der Waals surface area contributed by atoms with E-state index in [0.29, 0.717) is 48.3 Å². The first-order valence-electron chi connectivity index (χ1n) is 11.0. The largest absolute Gasteiger partial charge is 0.391 e. The van der Waals surface area contributed by atoms with Gasteiger partial charge in [-0.25, -0.2) is 0 Å². The second-order valence-electron chi connectivity index (χ2n) is 10.1. The highest BCUT2D eigenvalue weighted by Crippen LogP contribution is 2.65. The minimum absolute atomic E-state index is 0.201. The van der Waals surface area contributed by atoms with E-state index in [0.717, 1.165) is 37.5 Å². The molecular formula is C22H34F4. The van der Waals surface area contributed by atoms with Gasteiger partial charge in [0.1, 0.15) is 0 Å². The van der Waals surface area contributed by atoms with Crippen molar-refractivity contribution in [3.05, 3.63) is 0 Å². The molecule has 4 saturated carbocycles. The smallest absolute Gasteiger partial charge is 0.251 e. The van der Waals surface area contributed by atoms with Crippen LogP contribution in [0.3, 0.4) is 0 Å². The van der Waals surface area contributed by atoms with Gasteiger partial charge in [-0.2, -0.15) is 13.2 Å². The molecule has 4 fully saturated rings. The minimum atomic E-state index is -4.00. The molecular weight excluding hydrogens is 340 g/mol. The lowest BCUT2D eigenvalue weighted by Gasteiger charge is -2.56. The van der Waals surface area contributed by atoms with Gasteiger partial charge in [0.15, 0.2) is 0 Å². The van der Waals surface area contributed by atoms with Gasteiger partial charge >= 0.3 is 6.18 Å². The van der Waals surface area contributed by atoms with Crippen LogP contribution in [0.2, 0.25) is 0 Å². The maximum absolute atomic E-state index is 13.2. The third-order valence-corrected chi connectivity index (χ3v) is 9.30. The third-order valence-electron chi connectivity index (χ3n) is 9.30. The van der Waals surface area contributed by atoms with Crippen molar-refractivity contribution in [2.45, 2.75) is 83.7 Å². The average Bonchev–Trinajstić information content (AvgIpc) is 2.94. The van der Waals surface area contributed by atoms with E-state index < -0.39 is 12.1 Å². The van der Waals surface area contributed by atoms with E-state index in [-0.39, 0.29) is 6.67 Å². The van der Waals surface area contributed by atoms with Crippen molar-refractivity contribution in [3.8, 4) is 0 Å². The van der Waals surface area contributed by atoms with Gasteiger partial charge in [-0.15, -0.1) is 0 Å². The lowest BCUT2D eigenvalue weighted by atomic mass is 9.49. The summed E-state index contributed by atoms with van der Waals surface area (Å²) in [6, 6.07) is 0. The van der Waals surface area contributed by atoms with Crippen LogP contribution in [0.5, 0.6) is 0 Å². The summed E-state index contributed by atoms with van der Waals surface area (Å²) < 4.78 is 52.2. The molecule has 0 saturated heterocycles. The van der Waals surface area contributed by atoms with Crippen molar-refractivity contribution in [3.63, 3.8) is 0 Å². The summed E-state index contributed by atoms with van der Waals surface area (Å²) in [6.07, 6.45) is 6.38. The van der Waals surface area contributed by atoms with Gasteiger partial charge in [0.25, 0.3) is 0 Å². The van der Waals surface area contributed by atoms with Crippen molar-refractivity contribution in [1.29, 1.82) is 0 Å². The van der Waals surface area contributed by atoms with Crippen LogP contribution in [-0.2, 0) is 0 Å². The Kier molecular flexibility index (Phi) is 5.10. The molecule has 26 heavy (non-hydrogen) atoms. The second kappa shape index (κ2) is 6.95. The zero-order valence-electron chi connectivity index (χ0n) is 16.0. The topological polar surface area (TPSA) is 0 Å². The molecule has 4 aliphatic rings. The SMILES string of the molecule is C[C@]12CCC3C4CCC(C(F)(F)F)CC4CCC3C1CCC2CCCF. The molecule has 0 heterocycles. The molecule has 0 bridgehead atoms. The molecule has 0 spiro atoms. The van der Waals surface area contributed by atoms with Crippen LogP contribution in [0.15, 0.2) is 0 Å². The van der Waals surface area contributed by atoms with E-state index in [4.69, 9.17) is 0 Å². The summed E-state index contributed by atoms with van der Waals surface area (Å²) >= 11 is 0. The molecule has 0 radical (unpaired) electrons. The normalized spacial score (nSPS) is 48.6. The van der Waals surface area contributed by atoms with Crippen molar-refractivity contribution in [2.75, 3.05) is 6.67 Å². The monoisotopic (exact) mass is 374 g/mol. The Morgan fingerprint density at radius 2 is 1.65 bits per heavy atom. The Hall–Kier alpha value is -0.280. The number of hydrogen-bond donors (Lipinski definition) is 0. The molecule has 0 amide bonds. The number of hydrogen-bond acceptors (Lipinski definition) is 0. The molecule has 0 aromatic rings.